The quantitative estimate of drug-likeness (QED) is 0.744. The van der Waals surface area contributed by atoms with E-state index in [0.717, 1.165) is 13.8 Å². The molecule has 0 spiro atoms. The summed E-state index contributed by atoms with van der Waals surface area (Å²) in [6.45, 7) is 0.431. The third-order valence-electron chi connectivity index (χ3n) is 1.94. The molecule has 0 saturated heterocycles. The van der Waals surface area contributed by atoms with Gasteiger partial charge in [-0.25, -0.2) is 4.39 Å². The molecular formula is C11H7Br2FOS. The summed E-state index contributed by atoms with van der Waals surface area (Å²) in [6, 6.07) is 6.35. The van der Waals surface area contributed by atoms with Crippen molar-refractivity contribution < 1.29 is 9.13 Å². The van der Waals surface area contributed by atoms with Crippen molar-refractivity contribution in [3.8, 4) is 5.75 Å². The first-order valence-electron chi connectivity index (χ1n) is 4.46. The molecule has 0 atom stereocenters. The van der Waals surface area contributed by atoms with Gasteiger partial charge in [0.1, 0.15) is 18.2 Å². The molecule has 0 saturated carbocycles. The molecule has 0 bridgehead atoms. The number of hydrogen-bond donors (Lipinski definition) is 0. The second-order valence-electron chi connectivity index (χ2n) is 3.06. The maximum Gasteiger partial charge on any atom is 0.136 e. The highest BCUT2D eigenvalue weighted by Crippen LogP contribution is 2.29. The van der Waals surface area contributed by atoms with Crippen molar-refractivity contribution >= 4 is 43.2 Å². The van der Waals surface area contributed by atoms with Gasteiger partial charge in [0.25, 0.3) is 0 Å². The highest BCUT2D eigenvalue weighted by molar-refractivity contribution is 9.10. The molecule has 1 nitrogen and oxygen atoms in total. The van der Waals surface area contributed by atoms with Crippen LogP contribution in [0.4, 0.5) is 4.39 Å². The van der Waals surface area contributed by atoms with Gasteiger partial charge in [-0.1, -0.05) is 0 Å². The Bertz CT molecular complexity index is 498. The largest absolute Gasteiger partial charge is 0.487 e. The number of thiophene rings is 1. The maximum atomic E-state index is 13.0. The molecule has 0 unspecified atom stereocenters. The van der Waals surface area contributed by atoms with E-state index >= 15 is 0 Å². The van der Waals surface area contributed by atoms with Crippen molar-refractivity contribution in [2.45, 2.75) is 6.61 Å². The monoisotopic (exact) mass is 364 g/mol. The van der Waals surface area contributed by atoms with E-state index in [9.17, 15) is 4.39 Å². The topological polar surface area (TPSA) is 9.23 Å². The SMILES string of the molecule is Fc1ccc(Br)c(OCc2sccc2Br)c1. The third kappa shape index (κ3) is 2.84. The van der Waals surface area contributed by atoms with Gasteiger partial charge in [-0.15, -0.1) is 11.3 Å². The van der Waals surface area contributed by atoms with E-state index in [2.05, 4.69) is 31.9 Å². The molecule has 0 radical (unpaired) electrons. The standard InChI is InChI=1S/C11H7Br2FOS/c12-8-2-1-7(14)5-10(8)15-6-11-9(13)3-4-16-11/h1-5H,6H2. The molecule has 1 aromatic carbocycles. The molecule has 0 fully saturated rings. The smallest absolute Gasteiger partial charge is 0.136 e. The average Bonchev–Trinajstić information content (AvgIpc) is 2.66. The van der Waals surface area contributed by atoms with Gasteiger partial charge in [0.05, 0.1) is 9.35 Å². The second-order valence-corrected chi connectivity index (χ2v) is 5.76. The van der Waals surface area contributed by atoms with Crippen LogP contribution in [0.25, 0.3) is 0 Å². The van der Waals surface area contributed by atoms with Gasteiger partial charge in [-0.2, -0.15) is 0 Å². The molecule has 0 aliphatic heterocycles. The van der Waals surface area contributed by atoms with Crippen LogP contribution in [0.5, 0.6) is 5.75 Å². The minimum Gasteiger partial charge on any atom is -0.487 e. The Labute approximate surface area is 114 Å². The predicted octanol–water partition coefficient (Wildman–Crippen LogP) is 4.99. The van der Waals surface area contributed by atoms with Crippen molar-refractivity contribution in [3.05, 3.63) is 49.3 Å². The summed E-state index contributed by atoms with van der Waals surface area (Å²) in [5.41, 5.74) is 0. The summed E-state index contributed by atoms with van der Waals surface area (Å²) in [7, 11) is 0. The lowest BCUT2D eigenvalue weighted by molar-refractivity contribution is 0.305. The van der Waals surface area contributed by atoms with Crippen LogP contribution in [0.2, 0.25) is 0 Å². The Morgan fingerprint density at radius 2 is 2.00 bits per heavy atom. The van der Waals surface area contributed by atoms with Crippen molar-refractivity contribution in [3.63, 3.8) is 0 Å². The molecule has 1 heterocycles. The number of hydrogen-bond acceptors (Lipinski definition) is 2. The van der Waals surface area contributed by atoms with E-state index in [1.165, 1.54) is 12.1 Å². The van der Waals surface area contributed by atoms with E-state index in [-0.39, 0.29) is 5.82 Å². The summed E-state index contributed by atoms with van der Waals surface area (Å²) in [6.07, 6.45) is 0. The van der Waals surface area contributed by atoms with E-state index in [1.54, 1.807) is 17.4 Å². The normalized spacial score (nSPS) is 10.4. The van der Waals surface area contributed by atoms with Crippen LogP contribution in [0.1, 0.15) is 4.88 Å². The van der Waals surface area contributed by atoms with Crippen molar-refractivity contribution in [1.29, 1.82) is 0 Å². The fourth-order valence-electron chi connectivity index (χ4n) is 1.16. The molecule has 0 amide bonds. The van der Waals surface area contributed by atoms with E-state index < -0.39 is 0 Å². The Hall–Kier alpha value is -0.390. The zero-order chi connectivity index (χ0) is 11.5. The van der Waals surface area contributed by atoms with Crippen LogP contribution in [-0.4, -0.2) is 0 Å². The zero-order valence-corrected chi connectivity index (χ0v) is 12.0. The zero-order valence-electron chi connectivity index (χ0n) is 8.04. The molecule has 1 aromatic heterocycles. The molecule has 5 heteroatoms. The molecule has 84 valence electrons. The molecule has 0 aliphatic carbocycles. The van der Waals surface area contributed by atoms with Crippen LogP contribution in [0.15, 0.2) is 38.6 Å². The number of ether oxygens (including phenoxy) is 1. The molecule has 16 heavy (non-hydrogen) atoms. The van der Waals surface area contributed by atoms with Crippen LogP contribution in [0, 0.1) is 5.82 Å². The van der Waals surface area contributed by atoms with Crippen molar-refractivity contribution in [2.75, 3.05) is 0 Å². The molecule has 2 rings (SSSR count). The molecule has 2 aromatic rings. The lowest BCUT2D eigenvalue weighted by atomic mass is 10.3. The third-order valence-corrected chi connectivity index (χ3v) is 4.50. The summed E-state index contributed by atoms with van der Waals surface area (Å²) in [5, 5.41) is 1.98. The number of halogens is 3. The Kier molecular flexibility index (Phi) is 4.00. The fourth-order valence-corrected chi connectivity index (χ4v) is 2.90. The van der Waals surface area contributed by atoms with Crippen LogP contribution in [-0.2, 0) is 6.61 Å². The molecule has 0 N–H and O–H groups in total. The van der Waals surface area contributed by atoms with E-state index in [0.29, 0.717) is 12.4 Å². The highest BCUT2D eigenvalue weighted by Gasteiger charge is 2.06. The summed E-state index contributed by atoms with van der Waals surface area (Å²) in [5.74, 6) is 0.212. The van der Waals surface area contributed by atoms with E-state index in [4.69, 9.17) is 4.74 Å². The summed E-state index contributed by atoms with van der Waals surface area (Å²) < 4.78 is 20.3. The Morgan fingerprint density at radius 1 is 1.19 bits per heavy atom. The van der Waals surface area contributed by atoms with Crippen LogP contribution >= 0.6 is 43.2 Å². The van der Waals surface area contributed by atoms with Crippen LogP contribution in [0.3, 0.4) is 0 Å². The van der Waals surface area contributed by atoms with Crippen LogP contribution < -0.4 is 4.74 Å². The first-order chi connectivity index (χ1) is 7.66. The van der Waals surface area contributed by atoms with Gasteiger partial charge >= 0.3 is 0 Å². The minimum atomic E-state index is -0.302. The van der Waals surface area contributed by atoms with Gasteiger partial charge in [0.2, 0.25) is 0 Å². The second kappa shape index (κ2) is 5.29. The summed E-state index contributed by atoms with van der Waals surface area (Å²) in [4.78, 5) is 1.08. The fraction of sp³-hybridized carbons (Fsp3) is 0.0909. The average molecular weight is 366 g/mol. The predicted molar refractivity (Wildman–Crippen MR) is 70.5 cm³/mol. The van der Waals surface area contributed by atoms with Gasteiger partial charge in [-0.05, 0) is 55.4 Å². The summed E-state index contributed by atoms with van der Waals surface area (Å²) >= 11 is 8.33. The number of benzene rings is 1. The van der Waals surface area contributed by atoms with Gasteiger partial charge in [-0.3, -0.25) is 0 Å². The van der Waals surface area contributed by atoms with Crippen molar-refractivity contribution in [2.24, 2.45) is 0 Å². The highest BCUT2D eigenvalue weighted by atomic mass is 79.9. The lowest BCUT2D eigenvalue weighted by Crippen LogP contribution is -1.94. The Balaban J connectivity index is 2.10. The van der Waals surface area contributed by atoms with Crippen molar-refractivity contribution in [1.82, 2.24) is 0 Å². The first-order valence-corrected chi connectivity index (χ1v) is 6.93. The lowest BCUT2D eigenvalue weighted by Gasteiger charge is -2.07. The van der Waals surface area contributed by atoms with Gasteiger partial charge in [0.15, 0.2) is 0 Å². The minimum absolute atomic E-state index is 0.302. The molecular weight excluding hydrogens is 359 g/mol. The van der Waals surface area contributed by atoms with E-state index in [1.807, 2.05) is 11.4 Å². The number of rotatable bonds is 3. The first kappa shape index (κ1) is 12.1. The maximum absolute atomic E-state index is 13.0. The van der Waals surface area contributed by atoms with Gasteiger partial charge in [0, 0.05) is 10.5 Å². The molecule has 0 aliphatic rings. The van der Waals surface area contributed by atoms with Gasteiger partial charge < -0.3 is 4.74 Å². The Morgan fingerprint density at radius 3 is 2.69 bits per heavy atom.